The molecule has 6 heteroatoms. The van der Waals surface area contributed by atoms with Gasteiger partial charge < -0.3 is 9.47 Å². The Kier molecular flexibility index (Phi) is 9.24. The van der Waals surface area contributed by atoms with Crippen LogP contribution < -0.4 is 0 Å². The summed E-state index contributed by atoms with van der Waals surface area (Å²) in [6, 6.07) is 17.8. The maximum atomic E-state index is 13.7. The van der Waals surface area contributed by atoms with Crippen LogP contribution in [0.2, 0.25) is 0 Å². The number of carbonyl (C=O) groups is 3. The van der Waals surface area contributed by atoms with Crippen LogP contribution in [0.25, 0.3) is 11.1 Å². The predicted octanol–water partition coefficient (Wildman–Crippen LogP) is 5.81. The topological polar surface area (TPSA) is 72.9 Å². The Morgan fingerprint density at radius 1 is 1.09 bits per heavy atom. The molecule has 1 fully saturated rings. The average molecular weight is 478 g/mol. The van der Waals surface area contributed by atoms with E-state index in [-0.39, 0.29) is 30.9 Å². The standard InChI is InChI=1S/C29H35NO5/c1-5-6-10-24(28(32)34-4)18-25(27(31)30-26(20(2)3)19-35-29(30)33)17-21-13-15-23(16-14-21)22-11-8-7-9-12-22/h7-16,20,25-26H,5-6,17-19H2,1-4H3/b24-10+/t25-,26-/m1/s1. The number of amides is 2. The highest BCUT2D eigenvalue weighted by molar-refractivity contribution is 5.96. The van der Waals surface area contributed by atoms with Gasteiger partial charge >= 0.3 is 12.1 Å². The van der Waals surface area contributed by atoms with E-state index in [9.17, 15) is 14.4 Å². The van der Waals surface area contributed by atoms with Crippen LogP contribution in [0.1, 0.15) is 45.6 Å². The molecule has 0 N–H and O–H groups in total. The number of nitrogens with zero attached hydrogens (tertiary/aromatic N) is 1. The van der Waals surface area contributed by atoms with Gasteiger partial charge in [0.05, 0.1) is 13.2 Å². The van der Waals surface area contributed by atoms with E-state index >= 15 is 0 Å². The minimum absolute atomic E-state index is 0.0620. The normalized spacial score (nSPS) is 16.8. The van der Waals surface area contributed by atoms with Crippen LogP contribution in [0.3, 0.4) is 0 Å². The number of imide groups is 1. The van der Waals surface area contributed by atoms with Crippen molar-refractivity contribution in [1.82, 2.24) is 4.90 Å². The zero-order chi connectivity index (χ0) is 25.4. The Bertz CT molecular complexity index is 1040. The molecule has 1 heterocycles. The van der Waals surface area contributed by atoms with Crippen molar-refractivity contribution in [2.75, 3.05) is 13.7 Å². The largest absolute Gasteiger partial charge is 0.466 e. The van der Waals surface area contributed by atoms with E-state index in [1.165, 1.54) is 12.0 Å². The molecule has 2 aromatic carbocycles. The summed E-state index contributed by atoms with van der Waals surface area (Å²) in [4.78, 5) is 40.0. The van der Waals surface area contributed by atoms with E-state index in [1.807, 2.05) is 81.4 Å². The number of cyclic esters (lactones) is 1. The second kappa shape index (κ2) is 12.3. The van der Waals surface area contributed by atoms with Crippen molar-refractivity contribution in [1.29, 1.82) is 0 Å². The van der Waals surface area contributed by atoms with Crippen LogP contribution in [-0.2, 0) is 25.5 Å². The summed E-state index contributed by atoms with van der Waals surface area (Å²) in [7, 11) is 1.34. The number of benzene rings is 2. The van der Waals surface area contributed by atoms with Crippen molar-refractivity contribution in [3.8, 4) is 11.1 Å². The van der Waals surface area contributed by atoms with Crippen molar-refractivity contribution in [3.63, 3.8) is 0 Å². The molecule has 35 heavy (non-hydrogen) atoms. The van der Waals surface area contributed by atoms with Gasteiger partial charge in [-0.05, 0) is 41.9 Å². The fraction of sp³-hybridized carbons (Fsp3) is 0.414. The van der Waals surface area contributed by atoms with Crippen LogP contribution in [0, 0.1) is 11.8 Å². The maximum Gasteiger partial charge on any atom is 0.416 e. The molecule has 0 unspecified atom stereocenters. The van der Waals surface area contributed by atoms with E-state index in [4.69, 9.17) is 9.47 Å². The van der Waals surface area contributed by atoms with Crippen molar-refractivity contribution >= 4 is 18.0 Å². The highest BCUT2D eigenvalue weighted by Crippen LogP contribution is 2.28. The minimum Gasteiger partial charge on any atom is -0.466 e. The number of rotatable bonds is 10. The number of carbonyl (C=O) groups excluding carboxylic acids is 3. The molecule has 0 saturated carbocycles. The lowest BCUT2D eigenvalue weighted by Gasteiger charge is -2.27. The Hall–Kier alpha value is -3.41. The second-order valence-electron chi connectivity index (χ2n) is 9.27. The van der Waals surface area contributed by atoms with Gasteiger partial charge in [0.25, 0.3) is 0 Å². The third kappa shape index (κ3) is 6.59. The fourth-order valence-corrected chi connectivity index (χ4v) is 4.34. The number of methoxy groups -OCH3 is 1. The molecule has 186 valence electrons. The highest BCUT2D eigenvalue weighted by Gasteiger charge is 2.42. The van der Waals surface area contributed by atoms with Crippen LogP contribution >= 0.6 is 0 Å². The third-order valence-corrected chi connectivity index (χ3v) is 6.40. The van der Waals surface area contributed by atoms with E-state index in [1.54, 1.807) is 0 Å². The summed E-state index contributed by atoms with van der Waals surface area (Å²) in [5, 5.41) is 0. The maximum absolute atomic E-state index is 13.7. The van der Waals surface area contributed by atoms with Gasteiger partial charge in [0, 0.05) is 11.5 Å². The zero-order valence-corrected chi connectivity index (χ0v) is 21.0. The van der Waals surface area contributed by atoms with Crippen LogP contribution in [-0.4, -0.2) is 42.6 Å². The zero-order valence-electron chi connectivity index (χ0n) is 21.0. The molecule has 1 saturated heterocycles. The van der Waals surface area contributed by atoms with Gasteiger partial charge in [0.1, 0.15) is 6.61 Å². The number of hydrogen-bond acceptors (Lipinski definition) is 5. The summed E-state index contributed by atoms with van der Waals surface area (Å²) in [6.45, 7) is 6.14. The Morgan fingerprint density at radius 3 is 2.34 bits per heavy atom. The number of unbranched alkanes of at least 4 members (excludes halogenated alkanes) is 1. The van der Waals surface area contributed by atoms with E-state index in [0.29, 0.717) is 18.4 Å². The molecule has 3 rings (SSSR count). The van der Waals surface area contributed by atoms with Gasteiger partial charge in [-0.25, -0.2) is 14.5 Å². The van der Waals surface area contributed by atoms with Crippen LogP contribution in [0.15, 0.2) is 66.2 Å². The summed E-state index contributed by atoms with van der Waals surface area (Å²) >= 11 is 0. The van der Waals surface area contributed by atoms with E-state index < -0.39 is 18.0 Å². The number of allylic oxidation sites excluding steroid dienone is 1. The first-order valence-corrected chi connectivity index (χ1v) is 12.3. The summed E-state index contributed by atoms with van der Waals surface area (Å²) in [5.74, 6) is -1.30. The van der Waals surface area contributed by atoms with Crippen LogP contribution in [0.5, 0.6) is 0 Å². The van der Waals surface area contributed by atoms with Gasteiger partial charge in [-0.1, -0.05) is 87.9 Å². The van der Waals surface area contributed by atoms with Crippen molar-refractivity contribution in [3.05, 3.63) is 71.8 Å². The molecule has 2 aromatic rings. The molecular formula is C29H35NO5. The fourth-order valence-electron chi connectivity index (χ4n) is 4.34. The monoisotopic (exact) mass is 477 g/mol. The molecule has 2 amide bonds. The van der Waals surface area contributed by atoms with Gasteiger partial charge in [0.15, 0.2) is 0 Å². The summed E-state index contributed by atoms with van der Waals surface area (Å²) < 4.78 is 10.2. The molecule has 0 spiro atoms. The van der Waals surface area contributed by atoms with Gasteiger partial charge in [-0.15, -0.1) is 0 Å². The molecule has 0 radical (unpaired) electrons. The quantitative estimate of drug-likeness (QED) is 0.319. The predicted molar refractivity (Wildman–Crippen MR) is 136 cm³/mol. The van der Waals surface area contributed by atoms with Crippen molar-refractivity contribution in [2.24, 2.45) is 11.8 Å². The Morgan fingerprint density at radius 2 is 1.74 bits per heavy atom. The Labute approximate surface area is 207 Å². The molecule has 2 atom stereocenters. The summed E-state index contributed by atoms with van der Waals surface area (Å²) in [5.41, 5.74) is 3.61. The number of esters is 1. The smallest absolute Gasteiger partial charge is 0.416 e. The van der Waals surface area contributed by atoms with Crippen LogP contribution in [0.4, 0.5) is 4.79 Å². The number of hydrogen-bond donors (Lipinski definition) is 0. The lowest BCUT2D eigenvalue weighted by molar-refractivity contribution is -0.137. The SMILES string of the molecule is CCC/C=C(\C[C@@H](Cc1ccc(-c2ccccc2)cc1)C(=O)N1C(=O)OC[C@@H]1C(C)C)C(=O)OC. The second-order valence-corrected chi connectivity index (χ2v) is 9.27. The van der Waals surface area contributed by atoms with E-state index in [2.05, 4.69) is 0 Å². The number of ether oxygens (including phenoxy) is 2. The first-order chi connectivity index (χ1) is 16.8. The van der Waals surface area contributed by atoms with Gasteiger partial charge in [-0.3, -0.25) is 4.79 Å². The third-order valence-electron chi connectivity index (χ3n) is 6.40. The average Bonchev–Trinajstić information content (AvgIpc) is 3.27. The van der Waals surface area contributed by atoms with Crippen molar-refractivity contribution in [2.45, 2.75) is 52.5 Å². The lowest BCUT2D eigenvalue weighted by atomic mass is 9.89. The molecule has 0 aliphatic carbocycles. The lowest BCUT2D eigenvalue weighted by Crippen LogP contribution is -2.45. The van der Waals surface area contributed by atoms with Crippen molar-refractivity contribution < 1.29 is 23.9 Å². The first-order valence-electron chi connectivity index (χ1n) is 12.3. The molecule has 6 nitrogen and oxygen atoms in total. The molecule has 0 bridgehead atoms. The highest BCUT2D eigenvalue weighted by atomic mass is 16.6. The molecular weight excluding hydrogens is 442 g/mol. The summed E-state index contributed by atoms with van der Waals surface area (Å²) in [6.07, 6.45) is 3.39. The van der Waals surface area contributed by atoms with E-state index in [0.717, 1.165) is 23.1 Å². The minimum atomic E-state index is -0.615. The Balaban J connectivity index is 1.90. The van der Waals surface area contributed by atoms with Gasteiger partial charge in [-0.2, -0.15) is 0 Å². The molecule has 0 aromatic heterocycles. The van der Waals surface area contributed by atoms with Gasteiger partial charge in [0.2, 0.25) is 5.91 Å². The first kappa shape index (κ1) is 26.2. The molecule has 1 aliphatic rings. The molecule has 1 aliphatic heterocycles.